The lowest BCUT2D eigenvalue weighted by atomic mass is 10.2. The molecule has 0 atom stereocenters. The maximum atomic E-state index is 11.4. The van der Waals surface area contributed by atoms with Crippen LogP contribution in [0.5, 0.6) is 0 Å². The summed E-state index contributed by atoms with van der Waals surface area (Å²) in [6.45, 7) is 0.454. The maximum Gasteiger partial charge on any atom is 0.237 e. The monoisotopic (exact) mass is 205 g/mol. The highest BCUT2D eigenvalue weighted by Crippen LogP contribution is 2.23. The van der Waals surface area contributed by atoms with Gasteiger partial charge in [0.2, 0.25) is 5.91 Å². The Morgan fingerprint density at radius 2 is 2.08 bits per heavy atom. The zero-order chi connectivity index (χ0) is 9.68. The van der Waals surface area contributed by atoms with Crippen LogP contribution in [-0.4, -0.2) is 41.0 Å². The molecule has 1 rings (SSSR count). The SMILES string of the molecule is O=C(CCl)N(CCO)C1CCCC1. The van der Waals surface area contributed by atoms with Gasteiger partial charge in [0.15, 0.2) is 0 Å². The summed E-state index contributed by atoms with van der Waals surface area (Å²) in [5, 5.41) is 8.80. The molecular weight excluding hydrogens is 190 g/mol. The molecular formula is C9H16ClNO2. The third-order valence-corrected chi connectivity index (χ3v) is 2.77. The van der Waals surface area contributed by atoms with Crippen LogP contribution in [0.15, 0.2) is 0 Å². The number of aliphatic hydroxyl groups is 1. The Kier molecular flexibility index (Phi) is 4.53. The van der Waals surface area contributed by atoms with E-state index in [0.29, 0.717) is 12.6 Å². The van der Waals surface area contributed by atoms with Crippen LogP contribution in [0.2, 0.25) is 0 Å². The second-order valence-corrected chi connectivity index (χ2v) is 3.65. The first-order valence-corrected chi connectivity index (χ1v) is 5.29. The molecule has 1 aliphatic carbocycles. The predicted molar refractivity (Wildman–Crippen MR) is 51.8 cm³/mol. The predicted octanol–water partition coefficient (Wildman–Crippen LogP) is 0.989. The molecule has 3 nitrogen and oxygen atoms in total. The van der Waals surface area contributed by atoms with Crippen LogP contribution in [0, 0.1) is 0 Å². The number of rotatable bonds is 4. The van der Waals surface area contributed by atoms with Crippen LogP contribution in [0.1, 0.15) is 25.7 Å². The van der Waals surface area contributed by atoms with Gasteiger partial charge in [0, 0.05) is 12.6 Å². The molecule has 1 N–H and O–H groups in total. The Labute approximate surface area is 83.7 Å². The number of nitrogens with zero attached hydrogens (tertiary/aromatic N) is 1. The van der Waals surface area contributed by atoms with Crippen molar-refractivity contribution in [1.29, 1.82) is 0 Å². The van der Waals surface area contributed by atoms with Gasteiger partial charge in [-0.25, -0.2) is 0 Å². The van der Waals surface area contributed by atoms with Crippen molar-refractivity contribution in [3.63, 3.8) is 0 Å². The first-order chi connectivity index (χ1) is 6.29. The van der Waals surface area contributed by atoms with Crippen LogP contribution < -0.4 is 0 Å². The molecule has 1 saturated carbocycles. The lowest BCUT2D eigenvalue weighted by Crippen LogP contribution is -2.41. The molecule has 0 saturated heterocycles. The van der Waals surface area contributed by atoms with Gasteiger partial charge >= 0.3 is 0 Å². The molecule has 13 heavy (non-hydrogen) atoms. The van der Waals surface area contributed by atoms with E-state index in [1.165, 1.54) is 12.8 Å². The Morgan fingerprint density at radius 1 is 1.46 bits per heavy atom. The number of carbonyl (C=O) groups excluding carboxylic acids is 1. The van der Waals surface area contributed by atoms with Crippen molar-refractivity contribution < 1.29 is 9.90 Å². The summed E-state index contributed by atoms with van der Waals surface area (Å²) in [6.07, 6.45) is 4.48. The van der Waals surface area contributed by atoms with Gasteiger partial charge in [0.25, 0.3) is 0 Å². The fourth-order valence-corrected chi connectivity index (χ4v) is 2.06. The number of carbonyl (C=O) groups is 1. The van der Waals surface area contributed by atoms with Gasteiger partial charge in [-0.05, 0) is 12.8 Å². The van der Waals surface area contributed by atoms with Gasteiger partial charge in [-0.1, -0.05) is 12.8 Å². The number of amides is 1. The van der Waals surface area contributed by atoms with Gasteiger partial charge in [-0.15, -0.1) is 11.6 Å². The summed E-state index contributed by atoms with van der Waals surface area (Å²) in [5.74, 6) is -0.0288. The highest BCUT2D eigenvalue weighted by Gasteiger charge is 2.25. The zero-order valence-corrected chi connectivity index (χ0v) is 8.46. The van der Waals surface area contributed by atoms with Crippen molar-refractivity contribution in [2.24, 2.45) is 0 Å². The Morgan fingerprint density at radius 3 is 2.54 bits per heavy atom. The molecule has 0 aromatic carbocycles. The smallest absolute Gasteiger partial charge is 0.237 e. The number of halogens is 1. The number of aliphatic hydroxyl groups excluding tert-OH is 1. The highest BCUT2D eigenvalue weighted by atomic mass is 35.5. The van der Waals surface area contributed by atoms with Crippen LogP contribution >= 0.6 is 11.6 Å². The molecule has 0 aromatic heterocycles. The highest BCUT2D eigenvalue weighted by molar-refractivity contribution is 6.27. The average Bonchev–Trinajstić information content (AvgIpc) is 2.65. The Balaban J connectivity index is 2.49. The van der Waals surface area contributed by atoms with Crippen molar-refractivity contribution in [1.82, 2.24) is 4.90 Å². The van der Waals surface area contributed by atoms with E-state index < -0.39 is 0 Å². The summed E-state index contributed by atoms with van der Waals surface area (Å²) in [5.41, 5.74) is 0. The largest absolute Gasteiger partial charge is 0.395 e. The minimum absolute atomic E-state index is 0.0243. The van der Waals surface area contributed by atoms with Crippen LogP contribution in [0.4, 0.5) is 0 Å². The minimum Gasteiger partial charge on any atom is -0.395 e. The van der Waals surface area contributed by atoms with Crippen molar-refractivity contribution in [2.75, 3.05) is 19.0 Å². The van der Waals surface area contributed by atoms with Gasteiger partial charge in [-0.3, -0.25) is 4.79 Å². The average molecular weight is 206 g/mol. The molecule has 0 heterocycles. The Hall–Kier alpha value is -0.280. The number of alkyl halides is 1. The van der Waals surface area contributed by atoms with E-state index >= 15 is 0 Å². The van der Waals surface area contributed by atoms with E-state index in [9.17, 15) is 4.79 Å². The summed E-state index contributed by atoms with van der Waals surface area (Å²) in [6, 6.07) is 0.318. The molecule has 1 aliphatic rings. The van der Waals surface area contributed by atoms with Crippen molar-refractivity contribution in [2.45, 2.75) is 31.7 Å². The zero-order valence-electron chi connectivity index (χ0n) is 7.71. The molecule has 0 unspecified atom stereocenters. The molecule has 0 bridgehead atoms. The summed E-state index contributed by atoms with van der Waals surface area (Å²) in [7, 11) is 0. The topological polar surface area (TPSA) is 40.5 Å². The van der Waals surface area contributed by atoms with Gasteiger partial charge in [0.05, 0.1) is 6.61 Å². The molecule has 0 spiro atoms. The first-order valence-electron chi connectivity index (χ1n) is 4.76. The van der Waals surface area contributed by atoms with Gasteiger partial charge in [-0.2, -0.15) is 0 Å². The van der Waals surface area contributed by atoms with Crippen molar-refractivity contribution in [3.8, 4) is 0 Å². The molecule has 0 radical (unpaired) electrons. The quantitative estimate of drug-likeness (QED) is 0.696. The van der Waals surface area contributed by atoms with Gasteiger partial charge in [0.1, 0.15) is 5.88 Å². The van der Waals surface area contributed by atoms with Crippen LogP contribution in [0.25, 0.3) is 0 Å². The lowest BCUT2D eigenvalue weighted by molar-refractivity contribution is -0.131. The van der Waals surface area contributed by atoms with E-state index in [2.05, 4.69) is 0 Å². The standard InChI is InChI=1S/C9H16ClNO2/c10-7-9(13)11(5-6-12)8-3-1-2-4-8/h8,12H,1-7H2. The van der Waals surface area contributed by atoms with Crippen LogP contribution in [-0.2, 0) is 4.79 Å². The first kappa shape index (κ1) is 10.8. The van der Waals surface area contributed by atoms with Crippen LogP contribution in [0.3, 0.4) is 0 Å². The fourth-order valence-electron chi connectivity index (χ4n) is 1.91. The molecule has 0 aliphatic heterocycles. The molecule has 4 heteroatoms. The number of hydrogen-bond donors (Lipinski definition) is 1. The van der Waals surface area contributed by atoms with E-state index in [-0.39, 0.29) is 18.4 Å². The minimum atomic E-state index is -0.0531. The van der Waals surface area contributed by atoms with E-state index in [0.717, 1.165) is 12.8 Å². The molecule has 0 aromatic rings. The molecule has 76 valence electrons. The van der Waals surface area contributed by atoms with E-state index in [4.69, 9.17) is 16.7 Å². The van der Waals surface area contributed by atoms with E-state index in [1.54, 1.807) is 4.90 Å². The summed E-state index contributed by atoms with van der Waals surface area (Å²) in [4.78, 5) is 13.1. The molecule has 1 amide bonds. The lowest BCUT2D eigenvalue weighted by Gasteiger charge is -2.27. The second-order valence-electron chi connectivity index (χ2n) is 3.38. The van der Waals surface area contributed by atoms with E-state index in [1.807, 2.05) is 0 Å². The summed E-state index contributed by atoms with van der Waals surface area (Å²) >= 11 is 5.49. The number of hydrogen-bond acceptors (Lipinski definition) is 2. The van der Waals surface area contributed by atoms with Crippen molar-refractivity contribution in [3.05, 3.63) is 0 Å². The third-order valence-electron chi connectivity index (χ3n) is 2.54. The van der Waals surface area contributed by atoms with Gasteiger partial charge < -0.3 is 10.0 Å². The maximum absolute atomic E-state index is 11.4. The second kappa shape index (κ2) is 5.45. The normalized spacial score (nSPS) is 17.7. The van der Waals surface area contributed by atoms with Crippen molar-refractivity contribution >= 4 is 17.5 Å². The third kappa shape index (κ3) is 2.85. The summed E-state index contributed by atoms with van der Waals surface area (Å²) < 4.78 is 0. The Bertz CT molecular complexity index is 169. The fraction of sp³-hybridized carbons (Fsp3) is 0.889. The molecule has 1 fully saturated rings.